The lowest BCUT2D eigenvalue weighted by atomic mass is 10.1. The molecule has 1 aromatic heterocycles. The maximum absolute atomic E-state index is 10.3. The minimum atomic E-state index is -0.472. The Kier molecular flexibility index (Phi) is 7.67. The molecule has 0 radical (unpaired) electrons. The molecular formula is C22H31N5O. The molecule has 1 aromatic carbocycles. The predicted octanol–water partition coefficient (Wildman–Crippen LogP) is 2.86. The Balaban J connectivity index is 1.53. The van der Waals surface area contributed by atoms with Gasteiger partial charge in [0.05, 0.1) is 12.6 Å². The molecule has 6 nitrogen and oxygen atoms in total. The quantitative estimate of drug-likeness (QED) is 0.484. The minimum absolute atomic E-state index is 0.472. The second-order valence-electron chi connectivity index (χ2n) is 7.05. The molecule has 28 heavy (non-hydrogen) atoms. The minimum Gasteiger partial charge on any atom is -0.388 e. The van der Waals surface area contributed by atoms with Crippen LogP contribution in [0.5, 0.6) is 0 Å². The number of aliphatic hydroxyl groups excluding tert-OH is 1. The van der Waals surface area contributed by atoms with Crippen LogP contribution in [0.1, 0.15) is 43.4 Å². The van der Waals surface area contributed by atoms with E-state index in [1.165, 1.54) is 12.8 Å². The summed E-state index contributed by atoms with van der Waals surface area (Å²) in [6, 6.07) is 13.9. The highest BCUT2D eigenvalue weighted by atomic mass is 16.3. The van der Waals surface area contributed by atoms with E-state index in [1.807, 2.05) is 49.5 Å². The summed E-state index contributed by atoms with van der Waals surface area (Å²) < 4.78 is 0. The van der Waals surface area contributed by atoms with Crippen LogP contribution in [-0.4, -0.2) is 42.2 Å². The number of hydrogen-bond donors (Lipinski definition) is 3. The zero-order valence-electron chi connectivity index (χ0n) is 16.6. The number of benzene rings is 1. The molecule has 1 aliphatic rings. The standard InChI is InChI=1S/C22H31N5O/c1-2-23-22(25-13-11-20(28)19-8-4-3-5-9-19)26-17-18-10-12-24-21(16-18)27-14-6-7-15-27/h3-5,8-10,12,16,20,28H,2,6-7,11,13-15,17H2,1H3,(H2,23,25,26). The number of pyridine rings is 1. The third-order valence-electron chi connectivity index (χ3n) is 4.90. The Bertz CT molecular complexity index is 744. The molecule has 2 heterocycles. The van der Waals surface area contributed by atoms with Gasteiger partial charge >= 0.3 is 0 Å². The smallest absolute Gasteiger partial charge is 0.191 e. The number of guanidine groups is 1. The summed E-state index contributed by atoms with van der Waals surface area (Å²) in [6.07, 6.45) is 4.51. The van der Waals surface area contributed by atoms with E-state index in [-0.39, 0.29) is 0 Å². The van der Waals surface area contributed by atoms with Crippen molar-refractivity contribution in [2.24, 2.45) is 4.99 Å². The summed E-state index contributed by atoms with van der Waals surface area (Å²) in [5.41, 5.74) is 2.09. The molecule has 0 spiro atoms. The van der Waals surface area contributed by atoms with Gasteiger partial charge in [0, 0.05) is 32.4 Å². The van der Waals surface area contributed by atoms with Crippen molar-refractivity contribution in [3.8, 4) is 0 Å². The molecule has 0 amide bonds. The fourth-order valence-electron chi connectivity index (χ4n) is 3.36. The average Bonchev–Trinajstić information content (AvgIpc) is 3.28. The third kappa shape index (κ3) is 5.96. The number of aliphatic imine (C=N–C) groups is 1. The van der Waals surface area contributed by atoms with Gasteiger partial charge in [-0.25, -0.2) is 9.98 Å². The van der Waals surface area contributed by atoms with Crippen LogP contribution >= 0.6 is 0 Å². The number of nitrogens with zero attached hydrogens (tertiary/aromatic N) is 3. The topological polar surface area (TPSA) is 72.8 Å². The van der Waals surface area contributed by atoms with Crippen molar-refractivity contribution in [3.63, 3.8) is 0 Å². The Labute approximate surface area is 167 Å². The SMILES string of the molecule is CCNC(=NCc1ccnc(N2CCCC2)c1)NCCC(O)c1ccccc1. The summed E-state index contributed by atoms with van der Waals surface area (Å²) in [4.78, 5) is 11.5. The number of rotatable bonds is 8. The molecule has 3 rings (SSSR count). The Morgan fingerprint density at radius 2 is 1.96 bits per heavy atom. The molecule has 2 aromatic rings. The average molecular weight is 382 g/mol. The molecule has 1 unspecified atom stereocenters. The first-order chi connectivity index (χ1) is 13.8. The molecule has 1 fully saturated rings. The van der Waals surface area contributed by atoms with Crippen LogP contribution in [0.15, 0.2) is 53.7 Å². The molecule has 150 valence electrons. The predicted molar refractivity (Wildman–Crippen MR) is 115 cm³/mol. The third-order valence-corrected chi connectivity index (χ3v) is 4.90. The van der Waals surface area contributed by atoms with Crippen LogP contribution in [0, 0.1) is 0 Å². The number of anilines is 1. The summed E-state index contributed by atoms with van der Waals surface area (Å²) in [5.74, 6) is 1.82. The van der Waals surface area contributed by atoms with Crippen LogP contribution < -0.4 is 15.5 Å². The molecule has 6 heteroatoms. The van der Waals surface area contributed by atoms with E-state index in [4.69, 9.17) is 0 Å². The Morgan fingerprint density at radius 3 is 2.71 bits per heavy atom. The van der Waals surface area contributed by atoms with Crippen molar-refractivity contribution in [1.29, 1.82) is 0 Å². The first-order valence-corrected chi connectivity index (χ1v) is 10.2. The van der Waals surface area contributed by atoms with Crippen LogP contribution in [0.3, 0.4) is 0 Å². The van der Waals surface area contributed by atoms with Gasteiger partial charge in [-0.3, -0.25) is 0 Å². The first kappa shape index (κ1) is 20.1. The van der Waals surface area contributed by atoms with E-state index in [0.29, 0.717) is 19.5 Å². The fraction of sp³-hybridized carbons (Fsp3) is 0.455. The Morgan fingerprint density at radius 1 is 1.18 bits per heavy atom. The lowest BCUT2D eigenvalue weighted by Gasteiger charge is -2.17. The highest BCUT2D eigenvalue weighted by Gasteiger charge is 2.13. The highest BCUT2D eigenvalue weighted by Crippen LogP contribution is 2.19. The van der Waals surface area contributed by atoms with Gasteiger partial charge in [-0.1, -0.05) is 30.3 Å². The van der Waals surface area contributed by atoms with Crippen LogP contribution in [0.4, 0.5) is 5.82 Å². The Hall–Kier alpha value is -2.60. The van der Waals surface area contributed by atoms with Crippen molar-refractivity contribution < 1.29 is 5.11 Å². The normalized spacial score (nSPS) is 15.5. The maximum atomic E-state index is 10.3. The second kappa shape index (κ2) is 10.7. The highest BCUT2D eigenvalue weighted by molar-refractivity contribution is 5.79. The van der Waals surface area contributed by atoms with Gasteiger partial charge in [0.2, 0.25) is 0 Å². The molecule has 0 aliphatic carbocycles. The lowest BCUT2D eigenvalue weighted by Crippen LogP contribution is -2.38. The lowest BCUT2D eigenvalue weighted by molar-refractivity contribution is 0.168. The summed E-state index contributed by atoms with van der Waals surface area (Å²) in [6.45, 7) is 6.27. The van der Waals surface area contributed by atoms with Gasteiger partial charge in [0.1, 0.15) is 5.82 Å². The van der Waals surface area contributed by atoms with E-state index in [9.17, 15) is 5.11 Å². The van der Waals surface area contributed by atoms with Crippen molar-refractivity contribution in [1.82, 2.24) is 15.6 Å². The zero-order valence-corrected chi connectivity index (χ0v) is 16.6. The summed E-state index contributed by atoms with van der Waals surface area (Å²) >= 11 is 0. The number of aliphatic hydroxyl groups is 1. The zero-order chi connectivity index (χ0) is 19.6. The van der Waals surface area contributed by atoms with Crippen LogP contribution in [0.25, 0.3) is 0 Å². The molecule has 1 aliphatic heterocycles. The summed E-state index contributed by atoms with van der Waals surface area (Å²) in [7, 11) is 0. The van der Waals surface area contributed by atoms with Gasteiger partial charge in [0.25, 0.3) is 0 Å². The fourth-order valence-corrected chi connectivity index (χ4v) is 3.36. The van der Waals surface area contributed by atoms with Crippen LogP contribution in [0.2, 0.25) is 0 Å². The van der Waals surface area contributed by atoms with Gasteiger partial charge in [-0.2, -0.15) is 0 Å². The van der Waals surface area contributed by atoms with Gasteiger partial charge in [0.15, 0.2) is 5.96 Å². The van der Waals surface area contributed by atoms with E-state index in [2.05, 4.69) is 31.6 Å². The van der Waals surface area contributed by atoms with E-state index < -0.39 is 6.10 Å². The van der Waals surface area contributed by atoms with E-state index in [0.717, 1.165) is 42.5 Å². The molecule has 3 N–H and O–H groups in total. The van der Waals surface area contributed by atoms with Crippen molar-refractivity contribution in [2.75, 3.05) is 31.1 Å². The van der Waals surface area contributed by atoms with E-state index >= 15 is 0 Å². The molecule has 1 saturated heterocycles. The number of aromatic nitrogens is 1. The van der Waals surface area contributed by atoms with Crippen LogP contribution in [-0.2, 0) is 6.54 Å². The van der Waals surface area contributed by atoms with Crippen molar-refractivity contribution >= 4 is 11.8 Å². The monoisotopic (exact) mass is 381 g/mol. The van der Waals surface area contributed by atoms with Crippen molar-refractivity contribution in [2.45, 2.75) is 38.8 Å². The number of nitrogens with one attached hydrogen (secondary N) is 2. The summed E-state index contributed by atoms with van der Waals surface area (Å²) in [5, 5.41) is 16.9. The van der Waals surface area contributed by atoms with Gasteiger partial charge in [-0.05, 0) is 49.4 Å². The first-order valence-electron chi connectivity index (χ1n) is 10.2. The van der Waals surface area contributed by atoms with E-state index in [1.54, 1.807) is 0 Å². The van der Waals surface area contributed by atoms with Gasteiger partial charge in [-0.15, -0.1) is 0 Å². The molecule has 1 atom stereocenters. The maximum Gasteiger partial charge on any atom is 0.191 e. The molecular weight excluding hydrogens is 350 g/mol. The second-order valence-corrected chi connectivity index (χ2v) is 7.05. The number of hydrogen-bond acceptors (Lipinski definition) is 4. The molecule has 0 bridgehead atoms. The molecule has 0 saturated carbocycles. The van der Waals surface area contributed by atoms with Gasteiger partial charge < -0.3 is 20.6 Å². The largest absolute Gasteiger partial charge is 0.388 e. The van der Waals surface area contributed by atoms with Crippen molar-refractivity contribution in [3.05, 3.63) is 59.8 Å².